The highest BCUT2D eigenvalue weighted by atomic mass is 16.2. The maximum Gasteiger partial charge on any atom is 0.239 e. The number of rotatable bonds is 7. The Morgan fingerprint density at radius 2 is 1.57 bits per heavy atom. The van der Waals surface area contributed by atoms with Crippen LogP contribution in [0.15, 0.2) is 54.6 Å². The van der Waals surface area contributed by atoms with Gasteiger partial charge in [0.2, 0.25) is 11.8 Å². The lowest BCUT2D eigenvalue weighted by atomic mass is 10.1. The lowest BCUT2D eigenvalue weighted by molar-refractivity contribution is -0.125. The first-order chi connectivity index (χ1) is 11.1. The molecule has 4 heteroatoms. The Labute approximate surface area is 136 Å². The smallest absolute Gasteiger partial charge is 0.239 e. The molecule has 0 aliphatic rings. The molecule has 0 saturated heterocycles. The topological polar surface area (TPSA) is 58.2 Å². The van der Waals surface area contributed by atoms with Crippen molar-refractivity contribution in [1.29, 1.82) is 0 Å². The Balaban J connectivity index is 1.66. The van der Waals surface area contributed by atoms with Gasteiger partial charge < -0.3 is 10.6 Å². The third kappa shape index (κ3) is 5.94. The first kappa shape index (κ1) is 16.7. The monoisotopic (exact) mass is 310 g/mol. The van der Waals surface area contributed by atoms with E-state index in [1.807, 2.05) is 61.5 Å². The standard InChI is InChI=1S/C19H22N2O2/c1-15-7-5-6-10-17(15)13-18(22)21-14-19(23)20-12-11-16-8-3-2-4-9-16/h2-10H,11-14H2,1H3,(H,20,23)(H,21,22). The first-order valence-electron chi connectivity index (χ1n) is 7.77. The molecule has 0 fully saturated rings. The number of benzene rings is 2. The lowest BCUT2D eigenvalue weighted by Crippen LogP contribution is -2.38. The summed E-state index contributed by atoms with van der Waals surface area (Å²) in [6.45, 7) is 2.55. The second-order valence-electron chi connectivity index (χ2n) is 5.47. The highest BCUT2D eigenvalue weighted by Crippen LogP contribution is 2.07. The Bertz CT molecular complexity index is 653. The lowest BCUT2D eigenvalue weighted by Gasteiger charge is -2.08. The van der Waals surface area contributed by atoms with Crippen LogP contribution in [0.3, 0.4) is 0 Å². The van der Waals surface area contributed by atoms with E-state index in [0.717, 1.165) is 17.5 Å². The minimum atomic E-state index is -0.168. The van der Waals surface area contributed by atoms with Crippen molar-refractivity contribution in [3.8, 4) is 0 Å². The van der Waals surface area contributed by atoms with Gasteiger partial charge in [-0.05, 0) is 30.0 Å². The van der Waals surface area contributed by atoms with E-state index in [9.17, 15) is 9.59 Å². The Morgan fingerprint density at radius 1 is 0.870 bits per heavy atom. The zero-order valence-corrected chi connectivity index (χ0v) is 13.3. The van der Waals surface area contributed by atoms with Crippen molar-refractivity contribution < 1.29 is 9.59 Å². The second kappa shape index (κ2) is 8.73. The van der Waals surface area contributed by atoms with E-state index in [4.69, 9.17) is 0 Å². The molecule has 2 amide bonds. The molecule has 0 saturated carbocycles. The van der Waals surface area contributed by atoms with Gasteiger partial charge in [-0.25, -0.2) is 0 Å². The van der Waals surface area contributed by atoms with Gasteiger partial charge in [0, 0.05) is 6.54 Å². The van der Waals surface area contributed by atoms with Crippen LogP contribution in [-0.4, -0.2) is 24.9 Å². The summed E-state index contributed by atoms with van der Waals surface area (Å²) in [5.74, 6) is -0.309. The number of hydrogen-bond acceptors (Lipinski definition) is 2. The van der Waals surface area contributed by atoms with Crippen molar-refractivity contribution in [2.75, 3.05) is 13.1 Å². The van der Waals surface area contributed by atoms with E-state index in [1.54, 1.807) is 0 Å². The minimum Gasteiger partial charge on any atom is -0.354 e. The summed E-state index contributed by atoms with van der Waals surface area (Å²) in [4.78, 5) is 23.6. The Kier molecular flexibility index (Phi) is 6.36. The molecule has 2 N–H and O–H groups in total. The van der Waals surface area contributed by atoms with Crippen LogP contribution < -0.4 is 10.6 Å². The van der Waals surface area contributed by atoms with Crippen molar-refractivity contribution in [2.45, 2.75) is 19.8 Å². The average Bonchev–Trinajstić information content (AvgIpc) is 2.56. The SMILES string of the molecule is Cc1ccccc1CC(=O)NCC(=O)NCCc1ccccc1. The van der Waals surface area contributed by atoms with Crippen molar-refractivity contribution in [3.05, 3.63) is 71.3 Å². The summed E-state index contributed by atoms with van der Waals surface area (Å²) in [5.41, 5.74) is 3.24. The van der Waals surface area contributed by atoms with Gasteiger partial charge >= 0.3 is 0 Å². The van der Waals surface area contributed by atoms with Crippen LogP contribution in [-0.2, 0) is 22.4 Å². The van der Waals surface area contributed by atoms with E-state index >= 15 is 0 Å². The summed E-state index contributed by atoms with van der Waals surface area (Å²) in [6, 6.07) is 17.7. The number of hydrogen-bond donors (Lipinski definition) is 2. The summed E-state index contributed by atoms with van der Waals surface area (Å²) >= 11 is 0. The maximum atomic E-state index is 11.9. The molecule has 0 bridgehead atoms. The van der Waals surface area contributed by atoms with Crippen LogP contribution >= 0.6 is 0 Å². The van der Waals surface area contributed by atoms with Gasteiger partial charge in [-0.3, -0.25) is 9.59 Å². The van der Waals surface area contributed by atoms with Gasteiger partial charge in [-0.1, -0.05) is 54.6 Å². The predicted molar refractivity (Wildman–Crippen MR) is 91.0 cm³/mol. The Morgan fingerprint density at radius 3 is 2.30 bits per heavy atom. The molecule has 2 rings (SSSR count). The van der Waals surface area contributed by atoms with Gasteiger partial charge in [0.15, 0.2) is 0 Å². The molecule has 2 aromatic rings. The fraction of sp³-hybridized carbons (Fsp3) is 0.263. The summed E-state index contributed by atoms with van der Waals surface area (Å²) in [6.07, 6.45) is 1.08. The van der Waals surface area contributed by atoms with E-state index in [1.165, 1.54) is 5.56 Å². The van der Waals surface area contributed by atoms with Gasteiger partial charge in [-0.15, -0.1) is 0 Å². The first-order valence-corrected chi connectivity index (χ1v) is 7.77. The van der Waals surface area contributed by atoms with Crippen molar-refractivity contribution >= 4 is 11.8 Å². The van der Waals surface area contributed by atoms with E-state index < -0.39 is 0 Å². The van der Waals surface area contributed by atoms with Crippen LogP contribution in [0.1, 0.15) is 16.7 Å². The van der Waals surface area contributed by atoms with Crippen LogP contribution in [0.5, 0.6) is 0 Å². The fourth-order valence-electron chi connectivity index (χ4n) is 2.28. The van der Waals surface area contributed by atoms with Crippen LogP contribution in [0.2, 0.25) is 0 Å². The molecule has 120 valence electrons. The molecule has 0 spiro atoms. The quantitative estimate of drug-likeness (QED) is 0.822. The zero-order chi connectivity index (χ0) is 16.5. The molecular formula is C19H22N2O2. The third-order valence-corrected chi connectivity index (χ3v) is 3.64. The number of nitrogens with one attached hydrogen (secondary N) is 2. The van der Waals surface area contributed by atoms with Gasteiger partial charge in [0.05, 0.1) is 13.0 Å². The molecule has 23 heavy (non-hydrogen) atoms. The predicted octanol–water partition coefficient (Wildman–Crippen LogP) is 2.01. The third-order valence-electron chi connectivity index (χ3n) is 3.64. The van der Waals surface area contributed by atoms with Crippen LogP contribution in [0, 0.1) is 6.92 Å². The molecule has 4 nitrogen and oxygen atoms in total. The molecule has 0 atom stereocenters. The largest absolute Gasteiger partial charge is 0.354 e. The van der Waals surface area contributed by atoms with Crippen molar-refractivity contribution in [1.82, 2.24) is 10.6 Å². The molecule has 0 heterocycles. The van der Waals surface area contributed by atoms with Gasteiger partial charge in [0.25, 0.3) is 0 Å². The average molecular weight is 310 g/mol. The zero-order valence-electron chi connectivity index (χ0n) is 13.3. The summed E-state index contributed by atoms with van der Waals surface area (Å²) in [7, 11) is 0. The van der Waals surface area contributed by atoms with Gasteiger partial charge in [-0.2, -0.15) is 0 Å². The number of aryl methyl sites for hydroxylation is 1. The second-order valence-corrected chi connectivity index (χ2v) is 5.47. The molecule has 0 radical (unpaired) electrons. The molecule has 0 aliphatic carbocycles. The normalized spacial score (nSPS) is 10.1. The highest BCUT2D eigenvalue weighted by molar-refractivity contribution is 5.85. The van der Waals surface area contributed by atoms with Crippen LogP contribution in [0.25, 0.3) is 0 Å². The number of carbonyl (C=O) groups is 2. The number of carbonyl (C=O) groups excluding carboxylic acids is 2. The van der Waals surface area contributed by atoms with E-state index in [2.05, 4.69) is 10.6 Å². The Hall–Kier alpha value is -2.62. The van der Waals surface area contributed by atoms with E-state index in [-0.39, 0.29) is 18.4 Å². The minimum absolute atomic E-state index is 0.0134. The molecule has 0 aliphatic heterocycles. The molecule has 0 aromatic heterocycles. The van der Waals surface area contributed by atoms with E-state index in [0.29, 0.717) is 13.0 Å². The maximum absolute atomic E-state index is 11.9. The molecule has 0 unspecified atom stereocenters. The fourth-order valence-corrected chi connectivity index (χ4v) is 2.28. The van der Waals surface area contributed by atoms with Crippen molar-refractivity contribution in [2.24, 2.45) is 0 Å². The molecular weight excluding hydrogens is 288 g/mol. The van der Waals surface area contributed by atoms with Crippen molar-refractivity contribution in [3.63, 3.8) is 0 Å². The number of amides is 2. The molecule has 2 aromatic carbocycles. The van der Waals surface area contributed by atoms with Crippen LogP contribution in [0.4, 0.5) is 0 Å². The van der Waals surface area contributed by atoms with Gasteiger partial charge in [0.1, 0.15) is 0 Å². The summed E-state index contributed by atoms with van der Waals surface area (Å²) < 4.78 is 0. The highest BCUT2D eigenvalue weighted by Gasteiger charge is 2.07. The summed E-state index contributed by atoms with van der Waals surface area (Å²) in [5, 5.41) is 5.46.